The Morgan fingerprint density at radius 2 is 1.00 bits per heavy atom. The summed E-state index contributed by atoms with van der Waals surface area (Å²) in [6.45, 7) is 1.29. The molecule has 0 aliphatic rings. The maximum absolute atomic E-state index is 12.2. The lowest BCUT2D eigenvalue weighted by Crippen LogP contribution is -2.50. The highest BCUT2D eigenvalue weighted by molar-refractivity contribution is 4.80. The Kier molecular flexibility index (Phi) is 5.23. The molecule has 0 aliphatic heterocycles. The Bertz CT molecular complexity index is 210. The first-order chi connectivity index (χ1) is 7.37. The lowest BCUT2D eigenvalue weighted by Gasteiger charge is -2.30. The number of halogens is 6. The Labute approximate surface area is 93.0 Å². The van der Waals surface area contributed by atoms with Gasteiger partial charge in [0.25, 0.3) is 0 Å². The summed E-state index contributed by atoms with van der Waals surface area (Å²) in [6, 6.07) is 0. The van der Waals surface area contributed by atoms with Gasteiger partial charge in [-0.25, -0.2) is 0 Å². The number of aliphatic hydroxyl groups excluding tert-OH is 2. The second kappa shape index (κ2) is 5.40. The van der Waals surface area contributed by atoms with E-state index in [1.165, 1.54) is 0 Å². The summed E-state index contributed by atoms with van der Waals surface area (Å²) in [5.74, 6) is 0. The summed E-state index contributed by atoms with van der Waals surface area (Å²) in [5.41, 5.74) is 0. The van der Waals surface area contributed by atoms with Crippen molar-refractivity contribution in [2.75, 3.05) is 0 Å². The zero-order chi connectivity index (χ0) is 14.0. The monoisotopic (exact) mass is 270 g/mol. The predicted octanol–water partition coefficient (Wildman–Crippen LogP) is 1.63. The first kappa shape index (κ1) is 16.5. The van der Waals surface area contributed by atoms with Gasteiger partial charge in [-0.2, -0.15) is 26.3 Å². The van der Waals surface area contributed by atoms with Gasteiger partial charge in [0, 0.05) is 0 Å². The van der Waals surface area contributed by atoms with Crippen molar-refractivity contribution in [2.24, 2.45) is 0 Å². The minimum atomic E-state index is -5.16. The highest BCUT2D eigenvalue weighted by atomic mass is 19.4. The molecule has 0 spiro atoms. The molecule has 9 heteroatoms. The molecule has 0 aromatic rings. The van der Waals surface area contributed by atoms with E-state index in [0.29, 0.717) is 13.8 Å². The first-order valence-electron chi connectivity index (χ1n) is 4.52. The van der Waals surface area contributed by atoms with Crippen molar-refractivity contribution in [3.8, 4) is 0 Å². The Balaban J connectivity index is 4.96. The lowest BCUT2D eigenvalue weighted by atomic mass is 10.1. The van der Waals surface area contributed by atoms with Crippen LogP contribution < -0.4 is 0 Å². The van der Waals surface area contributed by atoms with Gasteiger partial charge in [-0.15, -0.1) is 0 Å². The van der Waals surface area contributed by atoms with Gasteiger partial charge in [-0.05, 0) is 13.8 Å². The fraction of sp³-hybridized carbons (Fsp3) is 1.00. The van der Waals surface area contributed by atoms with Crippen LogP contribution in [0, 0.1) is 0 Å². The van der Waals surface area contributed by atoms with E-state index in [1.54, 1.807) is 0 Å². The van der Waals surface area contributed by atoms with Gasteiger partial charge in [-0.1, -0.05) is 0 Å². The predicted molar refractivity (Wildman–Crippen MR) is 44.1 cm³/mol. The summed E-state index contributed by atoms with van der Waals surface area (Å²) in [7, 11) is 0. The molecule has 3 nitrogen and oxygen atoms in total. The molecule has 2 N–H and O–H groups in total. The highest BCUT2D eigenvalue weighted by Gasteiger charge is 2.52. The zero-order valence-electron chi connectivity index (χ0n) is 8.88. The lowest BCUT2D eigenvalue weighted by molar-refractivity contribution is -0.313. The molecule has 0 aromatic heterocycles. The average Bonchev–Trinajstić information content (AvgIpc) is 1.96. The van der Waals surface area contributed by atoms with E-state index < -0.39 is 36.8 Å². The third kappa shape index (κ3) is 5.09. The van der Waals surface area contributed by atoms with Gasteiger partial charge in [0.05, 0.1) is 12.2 Å². The van der Waals surface area contributed by atoms with Crippen LogP contribution in [0.1, 0.15) is 13.8 Å². The number of hydrogen-bond acceptors (Lipinski definition) is 3. The first-order valence-corrected chi connectivity index (χ1v) is 4.52. The summed E-state index contributed by atoms with van der Waals surface area (Å²) in [5, 5.41) is 17.5. The van der Waals surface area contributed by atoms with Crippen LogP contribution >= 0.6 is 0 Å². The Morgan fingerprint density at radius 1 is 0.765 bits per heavy atom. The number of hydrogen-bond donors (Lipinski definition) is 2. The van der Waals surface area contributed by atoms with Crippen molar-refractivity contribution in [3.63, 3.8) is 0 Å². The van der Waals surface area contributed by atoms with Crippen molar-refractivity contribution >= 4 is 0 Å². The average molecular weight is 270 g/mol. The smallest absolute Gasteiger partial charge is 0.390 e. The van der Waals surface area contributed by atoms with Crippen LogP contribution in [0.3, 0.4) is 0 Å². The third-order valence-electron chi connectivity index (χ3n) is 1.81. The minimum absolute atomic E-state index is 0.646. The van der Waals surface area contributed by atoms with Gasteiger partial charge >= 0.3 is 12.4 Å². The van der Waals surface area contributed by atoms with Crippen molar-refractivity contribution in [2.45, 2.75) is 50.6 Å². The van der Waals surface area contributed by atoms with Crippen LogP contribution in [0.15, 0.2) is 0 Å². The molecule has 17 heavy (non-hydrogen) atoms. The second-order valence-electron chi connectivity index (χ2n) is 3.54. The normalized spacial score (nSPS) is 20.8. The summed E-state index contributed by atoms with van der Waals surface area (Å²) >= 11 is 0. The summed E-state index contributed by atoms with van der Waals surface area (Å²) in [4.78, 5) is 0. The standard InChI is InChI=1S/C8H12F6O3/c1-3(15)5(7(9,10)11)17-6(4(2)16)8(12,13)14/h3-6,15-16H,1-2H3. The van der Waals surface area contributed by atoms with Gasteiger partial charge in [0.2, 0.25) is 0 Å². The van der Waals surface area contributed by atoms with Crippen LogP contribution in [0.5, 0.6) is 0 Å². The molecule has 0 saturated carbocycles. The SMILES string of the molecule is CC(O)C(OC(C(C)O)C(F)(F)F)C(F)(F)F. The van der Waals surface area contributed by atoms with Crippen molar-refractivity contribution in [1.29, 1.82) is 0 Å². The Hall–Kier alpha value is -0.540. The van der Waals surface area contributed by atoms with Gasteiger partial charge < -0.3 is 14.9 Å². The molecule has 0 heterocycles. The molecule has 0 bridgehead atoms. The van der Waals surface area contributed by atoms with Crippen molar-refractivity contribution in [3.05, 3.63) is 0 Å². The van der Waals surface area contributed by atoms with Gasteiger partial charge in [0.15, 0.2) is 12.2 Å². The van der Waals surface area contributed by atoms with E-state index in [9.17, 15) is 26.3 Å². The topological polar surface area (TPSA) is 49.7 Å². The molecule has 4 unspecified atom stereocenters. The van der Waals surface area contributed by atoms with Crippen LogP contribution in [0.4, 0.5) is 26.3 Å². The van der Waals surface area contributed by atoms with E-state index in [0.717, 1.165) is 0 Å². The van der Waals surface area contributed by atoms with Crippen LogP contribution in [0.25, 0.3) is 0 Å². The maximum Gasteiger partial charge on any atom is 0.417 e. The van der Waals surface area contributed by atoms with Crippen LogP contribution in [-0.2, 0) is 4.74 Å². The van der Waals surface area contributed by atoms with E-state index in [2.05, 4.69) is 4.74 Å². The number of aliphatic hydroxyl groups is 2. The highest BCUT2D eigenvalue weighted by Crippen LogP contribution is 2.32. The second-order valence-corrected chi connectivity index (χ2v) is 3.54. The van der Waals surface area contributed by atoms with Crippen molar-refractivity contribution in [1.82, 2.24) is 0 Å². The van der Waals surface area contributed by atoms with Gasteiger partial charge in [0.1, 0.15) is 0 Å². The van der Waals surface area contributed by atoms with E-state index in [1.807, 2.05) is 0 Å². The van der Waals surface area contributed by atoms with Crippen LogP contribution in [0.2, 0.25) is 0 Å². The minimum Gasteiger partial charge on any atom is -0.390 e. The zero-order valence-corrected chi connectivity index (χ0v) is 8.88. The van der Waals surface area contributed by atoms with Crippen LogP contribution in [-0.4, -0.2) is 47.0 Å². The molecular weight excluding hydrogens is 258 g/mol. The maximum atomic E-state index is 12.2. The van der Waals surface area contributed by atoms with E-state index >= 15 is 0 Å². The molecule has 0 fully saturated rings. The molecule has 0 rings (SSSR count). The van der Waals surface area contributed by atoms with E-state index in [4.69, 9.17) is 10.2 Å². The molecule has 0 aliphatic carbocycles. The third-order valence-corrected chi connectivity index (χ3v) is 1.81. The molecule has 0 saturated heterocycles. The summed E-state index contributed by atoms with van der Waals surface area (Å²) < 4.78 is 77.2. The fourth-order valence-electron chi connectivity index (χ4n) is 1.09. The number of ether oxygens (including phenoxy) is 1. The fourth-order valence-corrected chi connectivity index (χ4v) is 1.09. The molecule has 0 radical (unpaired) electrons. The molecule has 0 amide bonds. The molecule has 0 aromatic carbocycles. The molecular formula is C8H12F6O3. The largest absolute Gasteiger partial charge is 0.417 e. The number of rotatable bonds is 4. The van der Waals surface area contributed by atoms with Gasteiger partial charge in [-0.3, -0.25) is 0 Å². The summed E-state index contributed by atoms with van der Waals surface area (Å²) in [6.07, 6.45) is -20.7. The number of alkyl halides is 6. The molecule has 4 atom stereocenters. The quantitative estimate of drug-likeness (QED) is 0.763. The van der Waals surface area contributed by atoms with Crippen molar-refractivity contribution < 1.29 is 41.3 Å². The Morgan fingerprint density at radius 3 is 1.12 bits per heavy atom. The molecule has 104 valence electrons. The van der Waals surface area contributed by atoms with E-state index in [-0.39, 0.29) is 0 Å².